The zero-order valence-corrected chi connectivity index (χ0v) is 20.0. The molecule has 0 saturated carbocycles. The molecule has 1 aliphatic heterocycles. The first-order valence-electron chi connectivity index (χ1n) is 10.4. The van der Waals surface area contributed by atoms with Crippen molar-refractivity contribution < 1.29 is 8.42 Å². The topological polar surface area (TPSA) is 137 Å². The highest BCUT2D eigenvalue weighted by Crippen LogP contribution is 2.44. The molecular formula is C21H25ClN6O2S2. The van der Waals surface area contributed by atoms with Crippen molar-refractivity contribution in [2.24, 2.45) is 5.14 Å². The Morgan fingerprint density at radius 3 is 2.66 bits per heavy atom. The summed E-state index contributed by atoms with van der Waals surface area (Å²) in [5.74, 6) is 0.507. The Hall–Kier alpha value is -2.11. The molecule has 5 N–H and O–H groups in total. The maximum atomic E-state index is 12.2. The lowest BCUT2D eigenvalue weighted by molar-refractivity contribution is 0.459. The second-order valence-corrected chi connectivity index (χ2v) is 10.9. The van der Waals surface area contributed by atoms with Gasteiger partial charge in [0, 0.05) is 17.7 Å². The van der Waals surface area contributed by atoms with Crippen LogP contribution in [0.3, 0.4) is 0 Å². The number of nitrogens with zero attached hydrogens (tertiary/aromatic N) is 3. The van der Waals surface area contributed by atoms with E-state index in [0.717, 1.165) is 35.8 Å². The van der Waals surface area contributed by atoms with E-state index in [9.17, 15) is 8.42 Å². The number of hydrogen-bond acceptors (Lipinski definition) is 8. The van der Waals surface area contributed by atoms with Gasteiger partial charge in [-0.25, -0.2) is 28.5 Å². The number of nitrogen functional groups attached to an aromatic ring is 1. The van der Waals surface area contributed by atoms with E-state index in [4.69, 9.17) is 27.5 Å². The van der Waals surface area contributed by atoms with E-state index in [1.807, 2.05) is 6.07 Å². The van der Waals surface area contributed by atoms with Gasteiger partial charge in [-0.05, 0) is 44.0 Å². The summed E-state index contributed by atoms with van der Waals surface area (Å²) >= 11 is 8.36. The molecule has 1 unspecified atom stereocenters. The van der Waals surface area contributed by atoms with E-state index in [0.29, 0.717) is 39.9 Å². The first-order valence-corrected chi connectivity index (χ1v) is 13.2. The molecule has 2 aromatic heterocycles. The van der Waals surface area contributed by atoms with Crippen molar-refractivity contribution in [3.8, 4) is 21.8 Å². The number of thiazole rings is 1. The van der Waals surface area contributed by atoms with Crippen molar-refractivity contribution in [3.05, 3.63) is 46.1 Å². The van der Waals surface area contributed by atoms with Crippen LogP contribution in [0.4, 0.5) is 5.95 Å². The van der Waals surface area contributed by atoms with Gasteiger partial charge in [0.05, 0.1) is 26.3 Å². The van der Waals surface area contributed by atoms with Crippen molar-refractivity contribution in [1.29, 1.82) is 0 Å². The van der Waals surface area contributed by atoms with Gasteiger partial charge in [-0.15, -0.1) is 11.3 Å². The average molecular weight is 493 g/mol. The average Bonchev–Trinajstić information content (AvgIpc) is 3.20. The van der Waals surface area contributed by atoms with Gasteiger partial charge in [0.15, 0.2) is 0 Å². The SMILES string of the molecule is CCC(c1cccc(-c2nc(C3CCNCC3)sc2-c2ccnc(N)n2)c1Cl)S(N)(=O)=O. The predicted octanol–water partition coefficient (Wildman–Crippen LogP) is 3.71. The smallest absolute Gasteiger partial charge is 0.220 e. The van der Waals surface area contributed by atoms with E-state index in [2.05, 4.69) is 15.3 Å². The number of rotatable bonds is 6. The third-order valence-corrected chi connectivity index (χ3v) is 8.68. The molecule has 0 radical (unpaired) electrons. The molecule has 0 aliphatic carbocycles. The first-order chi connectivity index (χ1) is 15.3. The fraction of sp³-hybridized carbons (Fsp3) is 0.381. The highest BCUT2D eigenvalue weighted by molar-refractivity contribution is 7.89. The minimum atomic E-state index is -3.82. The molecule has 0 spiro atoms. The van der Waals surface area contributed by atoms with E-state index in [1.165, 1.54) is 0 Å². The minimum absolute atomic E-state index is 0.172. The highest BCUT2D eigenvalue weighted by Gasteiger charge is 2.28. The number of nitrogens with two attached hydrogens (primary N) is 2. The van der Waals surface area contributed by atoms with Crippen LogP contribution in [0.1, 0.15) is 47.9 Å². The third kappa shape index (κ3) is 4.65. The Kier molecular flexibility index (Phi) is 6.78. The minimum Gasteiger partial charge on any atom is -0.368 e. The van der Waals surface area contributed by atoms with Crippen LogP contribution in [0.25, 0.3) is 21.8 Å². The van der Waals surface area contributed by atoms with Gasteiger partial charge < -0.3 is 11.1 Å². The molecule has 1 saturated heterocycles. The summed E-state index contributed by atoms with van der Waals surface area (Å²) in [5, 5.41) is 9.31. The van der Waals surface area contributed by atoms with Gasteiger partial charge >= 0.3 is 0 Å². The van der Waals surface area contributed by atoms with Gasteiger partial charge in [-0.1, -0.05) is 36.7 Å². The molecule has 11 heteroatoms. The van der Waals surface area contributed by atoms with Gasteiger partial charge in [0.25, 0.3) is 0 Å². The first kappa shape index (κ1) is 23.1. The van der Waals surface area contributed by atoms with Crippen molar-refractivity contribution in [2.75, 3.05) is 18.8 Å². The number of hydrogen-bond donors (Lipinski definition) is 3. The quantitative estimate of drug-likeness (QED) is 0.476. The maximum absolute atomic E-state index is 12.2. The van der Waals surface area contributed by atoms with E-state index in [-0.39, 0.29) is 5.95 Å². The zero-order chi connectivity index (χ0) is 22.9. The normalized spacial score (nSPS) is 16.2. The van der Waals surface area contributed by atoms with Crippen LogP contribution in [-0.4, -0.2) is 36.5 Å². The van der Waals surface area contributed by atoms with Gasteiger partial charge in [-0.3, -0.25) is 0 Å². The summed E-state index contributed by atoms with van der Waals surface area (Å²) in [5.41, 5.74) is 8.28. The summed E-state index contributed by atoms with van der Waals surface area (Å²) in [6.07, 6.45) is 3.91. The monoisotopic (exact) mass is 492 g/mol. The number of primary sulfonamides is 1. The van der Waals surface area contributed by atoms with Crippen molar-refractivity contribution in [1.82, 2.24) is 20.3 Å². The Balaban J connectivity index is 1.89. The summed E-state index contributed by atoms with van der Waals surface area (Å²) in [6.45, 7) is 3.65. The highest BCUT2D eigenvalue weighted by atomic mass is 35.5. The lowest BCUT2D eigenvalue weighted by Gasteiger charge is -2.20. The van der Waals surface area contributed by atoms with Gasteiger partial charge in [-0.2, -0.15) is 0 Å². The van der Waals surface area contributed by atoms with E-state index >= 15 is 0 Å². The van der Waals surface area contributed by atoms with Crippen LogP contribution in [0, 0.1) is 0 Å². The zero-order valence-electron chi connectivity index (χ0n) is 17.6. The fourth-order valence-electron chi connectivity index (χ4n) is 4.05. The lowest BCUT2D eigenvalue weighted by atomic mass is 9.99. The van der Waals surface area contributed by atoms with Crippen molar-refractivity contribution in [2.45, 2.75) is 37.4 Å². The third-order valence-electron chi connectivity index (χ3n) is 5.64. The molecule has 1 aliphatic rings. The summed E-state index contributed by atoms with van der Waals surface area (Å²) in [4.78, 5) is 14.2. The summed E-state index contributed by atoms with van der Waals surface area (Å²) in [7, 11) is -3.82. The number of halogens is 1. The largest absolute Gasteiger partial charge is 0.368 e. The number of nitrogens with one attached hydrogen (secondary N) is 1. The van der Waals surface area contributed by atoms with Crippen LogP contribution in [0.5, 0.6) is 0 Å². The standard InChI is InChI=1S/C21H25ClN6O2S2/c1-2-16(32(24,29)30)13-4-3-5-14(17(13)22)18-19(15-8-11-26-21(23)27-15)31-20(28-18)12-6-9-25-10-7-12/h3-5,8,11-12,16,25H,2,6-7,9-10H2,1H3,(H2,23,26,27)(H2,24,29,30). The molecule has 0 bridgehead atoms. The molecule has 3 aromatic rings. The number of benzene rings is 1. The van der Waals surface area contributed by atoms with Crippen molar-refractivity contribution >= 4 is 38.9 Å². The van der Waals surface area contributed by atoms with E-state index in [1.54, 1.807) is 42.7 Å². The molecule has 1 atom stereocenters. The number of sulfonamides is 1. The Labute approximate surface area is 196 Å². The van der Waals surface area contributed by atoms with Crippen LogP contribution in [0.2, 0.25) is 5.02 Å². The number of aromatic nitrogens is 3. The molecule has 1 fully saturated rings. The Morgan fingerprint density at radius 2 is 2.00 bits per heavy atom. The molecule has 1 aromatic carbocycles. The Bertz CT molecular complexity index is 1220. The Morgan fingerprint density at radius 1 is 1.25 bits per heavy atom. The maximum Gasteiger partial charge on any atom is 0.220 e. The second-order valence-electron chi connectivity index (χ2n) is 7.75. The lowest BCUT2D eigenvalue weighted by Crippen LogP contribution is -2.26. The van der Waals surface area contributed by atoms with E-state index < -0.39 is 15.3 Å². The molecule has 32 heavy (non-hydrogen) atoms. The fourth-order valence-corrected chi connectivity index (χ4v) is 6.69. The second kappa shape index (κ2) is 9.40. The number of piperidine rings is 1. The van der Waals surface area contributed by atoms with Crippen LogP contribution < -0.4 is 16.2 Å². The molecular weight excluding hydrogens is 468 g/mol. The molecule has 0 amide bonds. The van der Waals surface area contributed by atoms with Crippen LogP contribution >= 0.6 is 22.9 Å². The molecule has 3 heterocycles. The molecule has 4 rings (SSSR count). The van der Waals surface area contributed by atoms with Crippen LogP contribution in [-0.2, 0) is 10.0 Å². The summed E-state index contributed by atoms with van der Waals surface area (Å²) in [6, 6.07) is 7.12. The van der Waals surface area contributed by atoms with Gasteiger partial charge in [0.2, 0.25) is 16.0 Å². The van der Waals surface area contributed by atoms with Gasteiger partial charge in [0.1, 0.15) is 5.25 Å². The molecule has 8 nitrogen and oxygen atoms in total. The predicted molar refractivity (Wildman–Crippen MR) is 129 cm³/mol. The molecule has 170 valence electrons. The number of anilines is 1. The van der Waals surface area contributed by atoms with Crippen molar-refractivity contribution in [3.63, 3.8) is 0 Å². The summed E-state index contributed by atoms with van der Waals surface area (Å²) < 4.78 is 24.3. The van der Waals surface area contributed by atoms with Crippen LogP contribution in [0.15, 0.2) is 30.5 Å².